The lowest BCUT2D eigenvalue weighted by molar-refractivity contribution is -0.481. The Morgan fingerprint density at radius 1 is 0.632 bits per heavy atom. The highest BCUT2D eigenvalue weighted by Crippen LogP contribution is 2.20. The predicted octanol–water partition coefficient (Wildman–Crippen LogP) is 0.736. The van der Waals surface area contributed by atoms with E-state index in [1.54, 1.807) is 0 Å². The molecule has 0 saturated carbocycles. The monoisotopic (exact) mass is 265 g/mol. The van der Waals surface area contributed by atoms with E-state index in [-0.39, 0.29) is 12.4 Å². The fourth-order valence-corrected chi connectivity index (χ4v) is 2.57. The summed E-state index contributed by atoms with van der Waals surface area (Å²) in [7, 11) is 0. The molecule has 0 aliphatic heterocycles. The van der Waals surface area contributed by atoms with Crippen LogP contribution in [0.25, 0.3) is 27.2 Å². The van der Waals surface area contributed by atoms with E-state index in [1.807, 2.05) is 0 Å². The van der Waals surface area contributed by atoms with Crippen LogP contribution < -0.4 is 16.8 Å². The lowest BCUT2D eigenvalue weighted by Crippen LogP contribution is -3.00. The molecule has 19 heavy (non-hydrogen) atoms. The third-order valence-electron chi connectivity index (χ3n) is 3.48. The highest BCUT2D eigenvalue weighted by Gasteiger charge is 2.08. The van der Waals surface area contributed by atoms with Gasteiger partial charge in [0, 0.05) is 29.7 Å². The molecule has 2 heteroatoms. The fourth-order valence-electron chi connectivity index (χ4n) is 2.57. The molecule has 4 aromatic rings. The van der Waals surface area contributed by atoms with E-state index in [0.717, 1.165) is 0 Å². The molecule has 0 amide bonds. The molecule has 0 saturated heterocycles. The van der Waals surface area contributed by atoms with Crippen molar-refractivity contribution in [1.29, 1.82) is 0 Å². The Kier molecular flexibility index (Phi) is 2.84. The topological polar surface area (TPSA) is 4.10 Å². The first-order valence-electron chi connectivity index (χ1n) is 6.14. The Morgan fingerprint density at radius 3 is 2.21 bits per heavy atom. The second kappa shape index (κ2) is 4.52. The first-order valence-corrected chi connectivity index (χ1v) is 6.14. The minimum atomic E-state index is 0. The zero-order valence-corrected chi connectivity index (χ0v) is 11.0. The second-order valence-electron chi connectivity index (χ2n) is 4.59. The molecule has 0 radical (unpaired) electrons. The van der Waals surface area contributed by atoms with Crippen molar-refractivity contribution in [3.8, 4) is 0 Å². The summed E-state index contributed by atoms with van der Waals surface area (Å²) in [6.07, 6.45) is 2.12. The van der Waals surface area contributed by atoms with Crippen molar-refractivity contribution in [2.45, 2.75) is 0 Å². The first kappa shape index (κ1) is 11.9. The Balaban J connectivity index is 0.00000110. The summed E-state index contributed by atoms with van der Waals surface area (Å²) in [5.74, 6) is 0. The number of halogens is 1. The van der Waals surface area contributed by atoms with E-state index in [0.29, 0.717) is 0 Å². The lowest BCUT2D eigenvalue weighted by atomic mass is 10.1. The van der Waals surface area contributed by atoms with Gasteiger partial charge >= 0.3 is 0 Å². The third-order valence-corrected chi connectivity index (χ3v) is 3.48. The van der Waals surface area contributed by atoms with Gasteiger partial charge in [-0.2, -0.15) is 4.40 Å². The number of hydrogen-bond acceptors (Lipinski definition) is 0. The predicted molar refractivity (Wildman–Crippen MR) is 74.6 cm³/mol. The van der Waals surface area contributed by atoms with E-state index in [2.05, 4.69) is 77.3 Å². The Morgan fingerprint density at radius 2 is 1.37 bits per heavy atom. The molecule has 0 unspecified atom stereocenters. The van der Waals surface area contributed by atoms with Crippen LogP contribution in [0.3, 0.4) is 0 Å². The quantitative estimate of drug-likeness (QED) is 0.251. The van der Waals surface area contributed by atoms with Crippen molar-refractivity contribution in [3.05, 3.63) is 72.9 Å². The van der Waals surface area contributed by atoms with Crippen LogP contribution in [0.1, 0.15) is 0 Å². The van der Waals surface area contributed by atoms with Crippen LogP contribution in [0.5, 0.6) is 0 Å². The van der Waals surface area contributed by atoms with Crippen molar-refractivity contribution in [2.24, 2.45) is 0 Å². The number of fused-ring (bicyclic) bond motifs is 4. The minimum absolute atomic E-state index is 0. The molecule has 0 bridgehead atoms. The molecule has 0 aliphatic carbocycles. The molecule has 2 aromatic carbocycles. The number of aromatic nitrogens is 1. The van der Waals surface area contributed by atoms with Crippen molar-refractivity contribution >= 4 is 27.2 Å². The average Bonchev–Trinajstić information content (AvgIpc) is 2.45. The highest BCUT2D eigenvalue weighted by atomic mass is 35.5. The third kappa shape index (κ3) is 1.83. The first-order chi connectivity index (χ1) is 8.92. The molecule has 2 heterocycles. The van der Waals surface area contributed by atoms with Gasteiger partial charge in [0.2, 0.25) is 11.0 Å². The van der Waals surface area contributed by atoms with E-state index in [1.165, 1.54) is 27.2 Å². The van der Waals surface area contributed by atoms with Crippen LogP contribution in [0.15, 0.2) is 72.9 Å². The van der Waals surface area contributed by atoms with Gasteiger partial charge in [-0.1, -0.05) is 24.3 Å². The van der Waals surface area contributed by atoms with Crippen molar-refractivity contribution in [3.63, 3.8) is 0 Å². The van der Waals surface area contributed by atoms with E-state index >= 15 is 0 Å². The molecular weight excluding hydrogens is 254 g/mol. The van der Waals surface area contributed by atoms with Crippen molar-refractivity contribution in [1.82, 2.24) is 0 Å². The molecule has 0 aliphatic rings. The van der Waals surface area contributed by atoms with E-state index in [9.17, 15) is 0 Å². The smallest absolute Gasteiger partial charge is 0.219 e. The van der Waals surface area contributed by atoms with E-state index in [4.69, 9.17) is 0 Å². The number of rotatable bonds is 0. The Labute approximate surface area is 117 Å². The second-order valence-corrected chi connectivity index (χ2v) is 4.59. The van der Waals surface area contributed by atoms with Gasteiger partial charge in [0.05, 0.1) is 0 Å². The van der Waals surface area contributed by atoms with Gasteiger partial charge in [-0.3, -0.25) is 0 Å². The summed E-state index contributed by atoms with van der Waals surface area (Å²) in [5.41, 5.74) is 2.48. The fraction of sp³-hybridized carbons (Fsp3) is 0. The van der Waals surface area contributed by atoms with Gasteiger partial charge in [0.25, 0.3) is 0 Å². The normalized spacial score (nSPS) is 10.7. The summed E-state index contributed by atoms with van der Waals surface area (Å²) in [6, 6.07) is 23.6. The van der Waals surface area contributed by atoms with E-state index < -0.39 is 0 Å². The largest absolute Gasteiger partial charge is 1.00 e. The molecule has 2 aromatic heterocycles. The van der Waals surface area contributed by atoms with Gasteiger partial charge in [-0.05, 0) is 29.0 Å². The minimum Gasteiger partial charge on any atom is -1.00 e. The van der Waals surface area contributed by atoms with Crippen LogP contribution in [-0.4, -0.2) is 0 Å². The molecule has 92 valence electrons. The SMILES string of the molecule is [Cl-].c1ccc2cc3c(ccc4cccc[n+]43)cc2c1. The Bertz CT molecular complexity index is 877. The van der Waals surface area contributed by atoms with Crippen LogP contribution in [0, 0.1) is 0 Å². The maximum atomic E-state index is 2.26. The van der Waals surface area contributed by atoms with Crippen molar-refractivity contribution in [2.75, 3.05) is 0 Å². The molecule has 4 rings (SSSR count). The zero-order valence-electron chi connectivity index (χ0n) is 10.3. The number of benzene rings is 2. The summed E-state index contributed by atoms with van der Waals surface area (Å²) in [4.78, 5) is 0. The van der Waals surface area contributed by atoms with Gasteiger partial charge in [0.15, 0.2) is 6.20 Å². The maximum absolute atomic E-state index is 2.26. The Hall–Kier alpha value is -2.12. The summed E-state index contributed by atoms with van der Waals surface area (Å²) >= 11 is 0. The molecule has 0 spiro atoms. The van der Waals surface area contributed by atoms with Crippen LogP contribution in [-0.2, 0) is 0 Å². The van der Waals surface area contributed by atoms with Gasteiger partial charge < -0.3 is 12.4 Å². The number of nitrogens with zero attached hydrogens (tertiary/aromatic N) is 1. The molecule has 0 atom stereocenters. The van der Waals surface area contributed by atoms with Crippen molar-refractivity contribution < 1.29 is 16.8 Å². The summed E-state index contributed by atoms with van der Waals surface area (Å²) in [5, 5.41) is 3.85. The number of hydrogen-bond donors (Lipinski definition) is 0. The summed E-state index contributed by atoms with van der Waals surface area (Å²) < 4.78 is 2.24. The molecule has 0 fully saturated rings. The van der Waals surface area contributed by atoms with Gasteiger partial charge in [0.1, 0.15) is 0 Å². The standard InChI is InChI=1S/C17H12N.ClH/c1-2-6-14-12-17-15(11-13(14)5-1)8-9-16-7-3-4-10-18(16)17;/h1-12H;1H/q+1;/p-1. The van der Waals surface area contributed by atoms with Gasteiger partial charge in [-0.25, -0.2) is 0 Å². The molecular formula is C17H12ClN. The van der Waals surface area contributed by atoms with Crippen LogP contribution in [0.2, 0.25) is 0 Å². The lowest BCUT2D eigenvalue weighted by Gasteiger charge is -2.00. The zero-order chi connectivity index (χ0) is 11.9. The van der Waals surface area contributed by atoms with Gasteiger partial charge in [-0.15, -0.1) is 0 Å². The number of pyridine rings is 2. The average molecular weight is 266 g/mol. The summed E-state index contributed by atoms with van der Waals surface area (Å²) in [6.45, 7) is 0. The highest BCUT2D eigenvalue weighted by molar-refractivity contribution is 5.95. The molecule has 0 N–H and O–H groups in total. The van der Waals surface area contributed by atoms with Crippen LogP contribution in [0.4, 0.5) is 0 Å². The molecule has 1 nitrogen and oxygen atoms in total. The maximum Gasteiger partial charge on any atom is 0.219 e. The van der Waals surface area contributed by atoms with Crippen LogP contribution >= 0.6 is 0 Å².